The number of cyclic esters (lactones) is 1. The van der Waals surface area contributed by atoms with Crippen LogP contribution in [0.5, 0.6) is 0 Å². The number of aliphatic hydroxyl groups is 3. The van der Waals surface area contributed by atoms with E-state index in [1.165, 1.54) is 21.1 Å². The van der Waals surface area contributed by atoms with Gasteiger partial charge in [0.05, 0.1) is 53.7 Å². The molecular formula is C41H73I2NO14. The SMILES string of the molecule is CCC(=O)OC1C(O[C@@H]2C(C)[C@H](OC3CC(C)(OC)C(O)C(C)O3)[C@@H](C)C(=O)O[C@H](CC)[C@@](C)(O)[C@H](O)C(C)C(=O)[C@H](C)C[C@@]2(C)OC)OC(C)CC1N(C)C.II. The number of carbonyl (C=O) groups is 3. The normalized spacial score (nSPS) is 44.7. The number of esters is 2. The lowest BCUT2D eigenvalue weighted by molar-refractivity contribution is -0.320. The molecule has 10 unspecified atom stereocenters. The van der Waals surface area contributed by atoms with E-state index in [0.717, 1.165) is 0 Å². The van der Waals surface area contributed by atoms with Crippen molar-refractivity contribution in [2.45, 2.75) is 193 Å². The minimum absolute atomic E-state index is 0.0863. The van der Waals surface area contributed by atoms with Gasteiger partial charge in [0, 0.05) is 82.0 Å². The van der Waals surface area contributed by atoms with Crippen LogP contribution < -0.4 is 0 Å². The number of methoxy groups -OCH3 is 2. The summed E-state index contributed by atoms with van der Waals surface area (Å²) in [6.07, 6.45) is -8.68. The monoisotopic (exact) mass is 1060 g/mol. The Bertz CT molecular complexity index is 1330. The van der Waals surface area contributed by atoms with Crippen LogP contribution in [0.2, 0.25) is 0 Å². The maximum absolute atomic E-state index is 14.3. The predicted octanol–water partition coefficient (Wildman–Crippen LogP) is 5.17. The molecule has 0 aromatic rings. The van der Waals surface area contributed by atoms with Crippen LogP contribution in [0, 0.1) is 23.7 Å². The summed E-state index contributed by atoms with van der Waals surface area (Å²) >= 11 is 4.24. The first kappa shape index (κ1) is 53.8. The Morgan fingerprint density at radius 1 is 0.862 bits per heavy atom. The third kappa shape index (κ3) is 12.4. The number of carbonyl (C=O) groups excluding carboxylic acids is 3. The van der Waals surface area contributed by atoms with Gasteiger partial charge < -0.3 is 58.1 Å². The molecule has 18 atom stereocenters. The van der Waals surface area contributed by atoms with Gasteiger partial charge in [-0.15, -0.1) is 0 Å². The Kier molecular flexibility index (Phi) is 21.2. The first-order chi connectivity index (χ1) is 26.9. The molecule has 3 N–H and O–H groups in total. The number of ketones is 1. The standard InChI is InChI=1S/C41H73NO14.I2/c1-16-28-41(11,48)34(45)23(5)31(44)21(3)19-40(10,50-15)36(56-38-33(54-29(43)17-2)27(42(12)13)18-22(4)51-38)24(6)32(25(7)37(47)53-28)55-30-20-39(9,49-14)35(46)26(8)52-30;1-2/h21-28,30,32-36,38,45-46,48H,16-20H2,1-15H3;/t21-,22?,23?,24?,25-,26?,27?,28-,30?,32+,33?,34-,35?,36-,38?,39?,40-,41-;/m1./s1. The highest BCUT2D eigenvalue weighted by Crippen LogP contribution is 2.42. The molecule has 0 aromatic heterocycles. The van der Waals surface area contributed by atoms with Crippen molar-refractivity contribution in [2.75, 3.05) is 28.3 Å². The van der Waals surface area contributed by atoms with E-state index in [0.29, 0.717) is 6.42 Å². The summed E-state index contributed by atoms with van der Waals surface area (Å²) in [6, 6.07) is -0.278. The molecule has 0 aliphatic carbocycles. The molecule has 15 nitrogen and oxygen atoms in total. The number of likely N-dealkylation sites (N-methyl/N-ethyl adjacent to an activating group) is 1. The van der Waals surface area contributed by atoms with E-state index in [4.69, 9.17) is 37.9 Å². The van der Waals surface area contributed by atoms with Crippen molar-refractivity contribution in [3.05, 3.63) is 0 Å². The van der Waals surface area contributed by atoms with Crippen molar-refractivity contribution >= 4 is 55.0 Å². The number of rotatable bonds is 10. The number of nitrogens with zero attached hydrogens (tertiary/aromatic N) is 1. The minimum Gasteiger partial charge on any atom is -0.459 e. The van der Waals surface area contributed by atoms with Crippen LogP contribution in [0.4, 0.5) is 0 Å². The van der Waals surface area contributed by atoms with Crippen molar-refractivity contribution in [1.29, 1.82) is 0 Å². The van der Waals surface area contributed by atoms with Gasteiger partial charge in [-0.1, -0.05) is 34.6 Å². The van der Waals surface area contributed by atoms with E-state index in [1.807, 2.05) is 32.8 Å². The second-order valence-electron chi connectivity index (χ2n) is 17.4. The van der Waals surface area contributed by atoms with Gasteiger partial charge in [0.25, 0.3) is 0 Å². The maximum atomic E-state index is 14.3. The average Bonchev–Trinajstić information content (AvgIpc) is 3.19. The van der Waals surface area contributed by atoms with Gasteiger partial charge in [0.1, 0.15) is 23.6 Å². The molecule has 0 aromatic carbocycles. The summed E-state index contributed by atoms with van der Waals surface area (Å²) in [5.74, 6) is -5.05. The van der Waals surface area contributed by atoms with Crippen LogP contribution in [-0.2, 0) is 52.3 Å². The summed E-state index contributed by atoms with van der Waals surface area (Å²) in [6.45, 7) is 18.7. The Balaban J connectivity index is 0.00000571. The third-order valence-corrected chi connectivity index (χ3v) is 12.8. The summed E-state index contributed by atoms with van der Waals surface area (Å²) < 4.78 is 50.6. The summed E-state index contributed by atoms with van der Waals surface area (Å²) in [5.41, 5.74) is -4.33. The first-order valence-corrected chi connectivity index (χ1v) is 26.8. The van der Waals surface area contributed by atoms with Gasteiger partial charge in [-0.3, -0.25) is 14.4 Å². The van der Waals surface area contributed by atoms with Crippen LogP contribution in [0.1, 0.15) is 108 Å². The van der Waals surface area contributed by atoms with E-state index in [9.17, 15) is 29.7 Å². The fourth-order valence-corrected chi connectivity index (χ4v) is 8.93. The highest BCUT2D eigenvalue weighted by Gasteiger charge is 2.54. The van der Waals surface area contributed by atoms with Crippen LogP contribution in [-0.4, -0.2) is 151 Å². The lowest BCUT2D eigenvalue weighted by atomic mass is 9.74. The second-order valence-corrected chi connectivity index (χ2v) is 17.4. The lowest BCUT2D eigenvalue weighted by Crippen LogP contribution is -2.62. The fourth-order valence-electron chi connectivity index (χ4n) is 8.93. The topological polar surface area (TPSA) is 189 Å². The highest BCUT2D eigenvalue weighted by molar-refractivity contribution is 15.0. The summed E-state index contributed by atoms with van der Waals surface area (Å²) in [4.78, 5) is 43.3. The molecule has 3 fully saturated rings. The van der Waals surface area contributed by atoms with Gasteiger partial charge in [-0.05, 0) is 74.9 Å². The Labute approximate surface area is 369 Å². The molecule has 0 amide bonds. The lowest BCUT2D eigenvalue weighted by Gasteiger charge is -2.50. The predicted molar refractivity (Wildman–Crippen MR) is 233 cm³/mol. The average molecular weight is 1060 g/mol. The van der Waals surface area contributed by atoms with Crippen molar-refractivity contribution in [3.8, 4) is 0 Å². The summed E-state index contributed by atoms with van der Waals surface area (Å²) in [5, 5.41) is 34.2. The molecule has 3 saturated heterocycles. The zero-order valence-electron chi connectivity index (χ0n) is 37.2. The van der Waals surface area contributed by atoms with E-state index >= 15 is 0 Å². The Hall–Kier alpha value is -0.330. The first-order valence-electron chi connectivity index (χ1n) is 20.5. The largest absolute Gasteiger partial charge is 0.459 e. The molecule has 0 bridgehead atoms. The van der Waals surface area contributed by atoms with E-state index in [1.54, 1.807) is 55.4 Å². The Morgan fingerprint density at radius 2 is 1.45 bits per heavy atom. The van der Waals surface area contributed by atoms with Crippen molar-refractivity contribution < 1.29 is 67.6 Å². The van der Waals surface area contributed by atoms with E-state index in [-0.39, 0.29) is 43.6 Å². The molecule has 340 valence electrons. The van der Waals surface area contributed by atoms with Crippen molar-refractivity contribution in [2.24, 2.45) is 23.7 Å². The molecular weight excluding hydrogens is 984 g/mol. The molecule has 17 heteroatoms. The molecule has 0 saturated carbocycles. The Morgan fingerprint density at radius 3 is 1.97 bits per heavy atom. The number of aliphatic hydroxyl groups excluding tert-OH is 2. The van der Waals surface area contributed by atoms with Crippen LogP contribution >= 0.6 is 37.2 Å². The molecule has 3 aliphatic rings. The number of halogens is 2. The number of hydrogen-bond acceptors (Lipinski definition) is 15. The zero-order valence-corrected chi connectivity index (χ0v) is 41.5. The minimum atomic E-state index is -1.98. The van der Waals surface area contributed by atoms with Crippen LogP contribution in [0.3, 0.4) is 0 Å². The third-order valence-electron chi connectivity index (χ3n) is 12.8. The van der Waals surface area contributed by atoms with Gasteiger partial charge in [-0.2, -0.15) is 0 Å². The van der Waals surface area contributed by atoms with Crippen molar-refractivity contribution in [1.82, 2.24) is 4.90 Å². The number of ether oxygens (including phenoxy) is 8. The van der Waals surface area contributed by atoms with Gasteiger partial charge >= 0.3 is 11.9 Å². The molecule has 0 radical (unpaired) electrons. The van der Waals surface area contributed by atoms with Crippen LogP contribution in [0.25, 0.3) is 0 Å². The van der Waals surface area contributed by atoms with Crippen LogP contribution in [0.15, 0.2) is 0 Å². The molecule has 3 heterocycles. The molecule has 58 heavy (non-hydrogen) atoms. The molecule has 0 spiro atoms. The number of hydrogen-bond donors (Lipinski definition) is 3. The smallest absolute Gasteiger partial charge is 0.311 e. The van der Waals surface area contributed by atoms with E-state index < -0.39 is 108 Å². The van der Waals surface area contributed by atoms with Gasteiger partial charge in [0.2, 0.25) is 0 Å². The highest BCUT2D eigenvalue weighted by atomic mass is 128. The second kappa shape index (κ2) is 22.9. The van der Waals surface area contributed by atoms with Crippen molar-refractivity contribution in [3.63, 3.8) is 0 Å². The maximum Gasteiger partial charge on any atom is 0.311 e. The molecule has 3 rings (SSSR count). The van der Waals surface area contributed by atoms with Gasteiger partial charge in [0.15, 0.2) is 18.7 Å². The number of Topliss-reactive ketones (excluding diaryl/α,β-unsaturated/α-hetero) is 1. The van der Waals surface area contributed by atoms with Gasteiger partial charge in [-0.25, -0.2) is 0 Å². The summed E-state index contributed by atoms with van der Waals surface area (Å²) in [7, 11) is 6.79. The quantitative estimate of drug-likeness (QED) is 0.192. The fraction of sp³-hybridized carbons (Fsp3) is 0.927. The molecule has 3 aliphatic heterocycles. The zero-order chi connectivity index (χ0) is 44.7. The van der Waals surface area contributed by atoms with E-state index in [2.05, 4.69) is 37.2 Å².